The van der Waals surface area contributed by atoms with Crippen LogP contribution in [0.5, 0.6) is 0 Å². The van der Waals surface area contributed by atoms with E-state index in [0.717, 1.165) is 32.1 Å². The van der Waals surface area contributed by atoms with Gasteiger partial charge in [-0.15, -0.1) is 5.10 Å². The number of nitrogen functional groups attached to an aromatic ring is 1. The highest BCUT2D eigenvalue weighted by Gasteiger charge is 2.38. The van der Waals surface area contributed by atoms with Crippen molar-refractivity contribution in [1.29, 1.82) is 0 Å². The summed E-state index contributed by atoms with van der Waals surface area (Å²) in [4.78, 5) is 7.92. The molecule has 1 saturated carbocycles. The molecule has 1 fully saturated rings. The van der Waals surface area contributed by atoms with Gasteiger partial charge in [0.15, 0.2) is 0 Å². The molecule has 0 bridgehead atoms. The third-order valence-corrected chi connectivity index (χ3v) is 4.08. The summed E-state index contributed by atoms with van der Waals surface area (Å²) in [5.41, 5.74) is 5.84. The van der Waals surface area contributed by atoms with Gasteiger partial charge in [0.1, 0.15) is 11.3 Å². The highest BCUT2D eigenvalue weighted by molar-refractivity contribution is 5.46. The van der Waals surface area contributed by atoms with E-state index in [1.54, 1.807) is 0 Å². The van der Waals surface area contributed by atoms with Crippen molar-refractivity contribution in [1.82, 2.24) is 19.6 Å². The number of rotatable bonds is 2. The number of imidazole rings is 1. The maximum absolute atomic E-state index is 13.8. The molecule has 2 heterocycles. The average molecular weight is 249 g/mol. The van der Waals surface area contributed by atoms with Crippen LogP contribution in [-0.2, 0) is 5.41 Å². The molecule has 18 heavy (non-hydrogen) atoms. The second-order valence-corrected chi connectivity index (χ2v) is 4.98. The first-order chi connectivity index (χ1) is 8.66. The molecule has 1 aliphatic carbocycles. The first-order valence-electron chi connectivity index (χ1n) is 6.33. The van der Waals surface area contributed by atoms with Crippen molar-refractivity contribution in [2.24, 2.45) is 0 Å². The number of anilines is 1. The summed E-state index contributed by atoms with van der Waals surface area (Å²) < 4.78 is 15.4. The molecule has 2 aromatic heterocycles. The van der Waals surface area contributed by atoms with Crippen molar-refractivity contribution in [3.63, 3.8) is 0 Å². The summed E-state index contributed by atoms with van der Waals surface area (Å²) in [6, 6.07) is 0. The molecule has 5 nitrogen and oxygen atoms in total. The second kappa shape index (κ2) is 3.90. The highest BCUT2D eigenvalue weighted by Crippen LogP contribution is 2.43. The van der Waals surface area contributed by atoms with Gasteiger partial charge in [-0.1, -0.05) is 19.8 Å². The zero-order chi connectivity index (χ0) is 12.8. The van der Waals surface area contributed by atoms with Gasteiger partial charge in [-0.3, -0.25) is 0 Å². The number of aromatic nitrogens is 4. The highest BCUT2D eigenvalue weighted by atomic mass is 19.1. The number of fused-ring (bicyclic) bond motifs is 1. The Labute approximate surface area is 104 Å². The van der Waals surface area contributed by atoms with E-state index < -0.39 is 5.95 Å². The lowest BCUT2D eigenvalue weighted by atomic mass is 9.82. The Bertz CT molecular complexity index is 585. The normalized spacial score (nSPS) is 18.6. The van der Waals surface area contributed by atoms with E-state index in [9.17, 15) is 4.39 Å². The molecule has 0 saturated heterocycles. The SMILES string of the molecule is CCC1(c2nc(F)c3cnc(N)nn23)CCCC1. The summed E-state index contributed by atoms with van der Waals surface area (Å²) >= 11 is 0. The molecule has 3 rings (SSSR count). The molecule has 0 atom stereocenters. The molecule has 2 N–H and O–H groups in total. The van der Waals surface area contributed by atoms with Crippen molar-refractivity contribution in [3.8, 4) is 0 Å². The topological polar surface area (TPSA) is 69.1 Å². The van der Waals surface area contributed by atoms with Crippen LogP contribution in [0.2, 0.25) is 0 Å². The molecular weight excluding hydrogens is 233 g/mol. The fraction of sp³-hybridized carbons (Fsp3) is 0.583. The minimum Gasteiger partial charge on any atom is -0.367 e. The summed E-state index contributed by atoms with van der Waals surface area (Å²) in [5.74, 6) is 0.333. The molecule has 0 aromatic carbocycles. The third kappa shape index (κ3) is 1.48. The minimum atomic E-state index is -0.510. The van der Waals surface area contributed by atoms with E-state index in [-0.39, 0.29) is 11.4 Å². The molecular formula is C12H16FN5. The number of halogens is 1. The molecule has 2 aromatic rings. The Morgan fingerprint density at radius 1 is 1.44 bits per heavy atom. The number of nitrogens with two attached hydrogens (primary N) is 1. The van der Waals surface area contributed by atoms with Gasteiger partial charge in [-0.25, -0.2) is 14.5 Å². The van der Waals surface area contributed by atoms with Crippen LogP contribution in [0.4, 0.5) is 10.3 Å². The van der Waals surface area contributed by atoms with Crippen molar-refractivity contribution >= 4 is 11.5 Å². The predicted octanol–water partition coefficient (Wildman–Crippen LogP) is 2.07. The van der Waals surface area contributed by atoms with E-state index in [0.29, 0.717) is 11.3 Å². The van der Waals surface area contributed by atoms with E-state index in [4.69, 9.17) is 5.73 Å². The predicted molar refractivity (Wildman–Crippen MR) is 65.6 cm³/mol. The largest absolute Gasteiger partial charge is 0.367 e. The van der Waals surface area contributed by atoms with Gasteiger partial charge in [0.2, 0.25) is 11.9 Å². The monoisotopic (exact) mass is 249 g/mol. The van der Waals surface area contributed by atoms with Crippen LogP contribution in [0, 0.1) is 5.95 Å². The summed E-state index contributed by atoms with van der Waals surface area (Å²) in [5, 5.41) is 4.11. The van der Waals surface area contributed by atoms with Gasteiger partial charge in [0, 0.05) is 5.41 Å². The number of hydrogen-bond acceptors (Lipinski definition) is 4. The smallest absolute Gasteiger partial charge is 0.242 e. The number of hydrogen-bond donors (Lipinski definition) is 1. The molecule has 0 spiro atoms. The lowest BCUT2D eigenvalue weighted by Crippen LogP contribution is -2.25. The quantitative estimate of drug-likeness (QED) is 0.884. The zero-order valence-electron chi connectivity index (χ0n) is 10.4. The Balaban J connectivity index is 2.25. The van der Waals surface area contributed by atoms with Crippen molar-refractivity contribution in [2.45, 2.75) is 44.4 Å². The van der Waals surface area contributed by atoms with Crippen LogP contribution in [0.1, 0.15) is 44.9 Å². The maximum atomic E-state index is 13.8. The molecule has 0 amide bonds. The van der Waals surface area contributed by atoms with Crippen LogP contribution in [0.25, 0.3) is 5.52 Å². The standard InChI is InChI=1S/C12H16FN5/c1-2-12(5-3-4-6-12)10-16-9(13)8-7-15-11(14)17-18(8)10/h7H,2-6H2,1H3,(H2,14,17). The van der Waals surface area contributed by atoms with Crippen molar-refractivity contribution in [3.05, 3.63) is 18.0 Å². The first kappa shape index (κ1) is 11.4. The third-order valence-electron chi connectivity index (χ3n) is 4.08. The summed E-state index contributed by atoms with van der Waals surface area (Å²) in [6.07, 6.45) is 6.72. The fourth-order valence-corrected chi connectivity index (χ4v) is 2.99. The van der Waals surface area contributed by atoms with Gasteiger partial charge in [0.25, 0.3) is 0 Å². The molecule has 1 aliphatic rings. The van der Waals surface area contributed by atoms with Crippen LogP contribution in [0.3, 0.4) is 0 Å². The van der Waals surface area contributed by atoms with Gasteiger partial charge in [0.05, 0.1) is 6.20 Å². The van der Waals surface area contributed by atoms with E-state index in [1.165, 1.54) is 10.7 Å². The van der Waals surface area contributed by atoms with Gasteiger partial charge >= 0.3 is 0 Å². The lowest BCUT2D eigenvalue weighted by Gasteiger charge is -2.25. The minimum absolute atomic E-state index is 0.0615. The Morgan fingerprint density at radius 3 is 2.83 bits per heavy atom. The average Bonchev–Trinajstić information content (AvgIpc) is 2.95. The van der Waals surface area contributed by atoms with Crippen LogP contribution < -0.4 is 5.73 Å². The first-order valence-corrected chi connectivity index (χ1v) is 6.33. The van der Waals surface area contributed by atoms with E-state index in [2.05, 4.69) is 22.0 Å². The fourth-order valence-electron chi connectivity index (χ4n) is 2.99. The van der Waals surface area contributed by atoms with Gasteiger partial charge in [-0.2, -0.15) is 4.39 Å². The van der Waals surface area contributed by atoms with E-state index in [1.807, 2.05) is 0 Å². The van der Waals surface area contributed by atoms with Crippen LogP contribution in [-0.4, -0.2) is 19.6 Å². The van der Waals surface area contributed by atoms with Gasteiger partial charge in [-0.05, 0) is 19.3 Å². The van der Waals surface area contributed by atoms with Crippen LogP contribution >= 0.6 is 0 Å². The van der Waals surface area contributed by atoms with Crippen LogP contribution in [0.15, 0.2) is 6.20 Å². The molecule has 0 aliphatic heterocycles. The molecule has 6 heteroatoms. The summed E-state index contributed by atoms with van der Waals surface area (Å²) in [6.45, 7) is 2.12. The zero-order valence-corrected chi connectivity index (χ0v) is 10.4. The Kier molecular flexibility index (Phi) is 2.46. The molecule has 96 valence electrons. The second-order valence-electron chi connectivity index (χ2n) is 4.98. The Hall–Kier alpha value is -1.72. The van der Waals surface area contributed by atoms with Gasteiger partial charge < -0.3 is 5.73 Å². The maximum Gasteiger partial charge on any atom is 0.242 e. The number of nitrogens with zero attached hydrogens (tertiary/aromatic N) is 4. The van der Waals surface area contributed by atoms with E-state index >= 15 is 0 Å². The van der Waals surface area contributed by atoms with Crippen molar-refractivity contribution < 1.29 is 4.39 Å². The molecule has 0 radical (unpaired) electrons. The molecule has 0 unspecified atom stereocenters. The Morgan fingerprint density at radius 2 is 2.17 bits per heavy atom. The lowest BCUT2D eigenvalue weighted by molar-refractivity contribution is 0.388. The summed E-state index contributed by atoms with van der Waals surface area (Å²) in [7, 11) is 0. The van der Waals surface area contributed by atoms with Crippen molar-refractivity contribution in [2.75, 3.05) is 5.73 Å².